The molecule has 0 bridgehead atoms. The van der Waals surface area contributed by atoms with Crippen LogP contribution in [0, 0.1) is 0 Å². The van der Waals surface area contributed by atoms with Gasteiger partial charge in [-0.05, 0) is 24.6 Å². The Labute approximate surface area is 99.8 Å². The minimum absolute atomic E-state index is 0.0223. The molecule has 5 heteroatoms. The summed E-state index contributed by atoms with van der Waals surface area (Å²) in [7, 11) is 0. The van der Waals surface area contributed by atoms with Crippen molar-refractivity contribution in [2.24, 2.45) is 0 Å². The lowest BCUT2D eigenvalue weighted by atomic mass is 10.1. The molecule has 2 amide bonds. The van der Waals surface area contributed by atoms with Crippen molar-refractivity contribution in [2.75, 3.05) is 13.1 Å². The normalized spacial score (nSPS) is 9.71. The molecular formula is C12H16N2O3. The first-order chi connectivity index (χ1) is 8.11. The molecule has 0 aliphatic carbocycles. The molecule has 0 saturated heterocycles. The molecule has 0 saturated carbocycles. The fraction of sp³-hybridized carbons (Fsp3) is 0.333. The number of phenols is 1. The number of phenolic OH excluding ortho intramolecular Hbond substituents is 1. The quantitative estimate of drug-likeness (QED) is 0.682. The first kappa shape index (κ1) is 13.0. The molecular weight excluding hydrogens is 220 g/mol. The second-order valence-corrected chi connectivity index (χ2v) is 3.58. The van der Waals surface area contributed by atoms with Gasteiger partial charge in [0.05, 0.1) is 13.0 Å². The van der Waals surface area contributed by atoms with Crippen LogP contribution >= 0.6 is 0 Å². The van der Waals surface area contributed by atoms with Crippen LogP contribution in [-0.4, -0.2) is 30.0 Å². The van der Waals surface area contributed by atoms with Gasteiger partial charge < -0.3 is 15.7 Å². The van der Waals surface area contributed by atoms with Crippen molar-refractivity contribution in [3.8, 4) is 5.75 Å². The van der Waals surface area contributed by atoms with E-state index in [2.05, 4.69) is 10.6 Å². The number of likely N-dealkylation sites (N-methyl/N-ethyl adjacent to an activating group) is 1. The van der Waals surface area contributed by atoms with Gasteiger partial charge in [0.25, 0.3) is 0 Å². The highest BCUT2D eigenvalue weighted by atomic mass is 16.3. The van der Waals surface area contributed by atoms with E-state index >= 15 is 0 Å². The maximum absolute atomic E-state index is 11.5. The summed E-state index contributed by atoms with van der Waals surface area (Å²) in [6.07, 6.45) is 0.147. The standard InChI is InChI=1S/C12H16N2O3/c1-2-13-12(17)8-14-11(16)7-9-4-3-5-10(15)6-9/h3-6,15H,2,7-8H2,1H3,(H,13,17)(H,14,16). The zero-order chi connectivity index (χ0) is 12.7. The summed E-state index contributed by atoms with van der Waals surface area (Å²) in [4.78, 5) is 22.5. The second kappa shape index (κ2) is 6.52. The molecule has 0 spiro atoms. The van der Waals surface area contributed by atoms with Crippen molar-refractivity contribution in [2.45, 2.75) is 13.3 Å². The van der Waals surface area contributed by atoms with Crippen LogP contribution in [0.3, 0.4) is 0 Å². The van der Waals surface area contributed by atoms with Gasteiger partial charge in [-0.3, -0.25) is 9.59 Å². The lowest BCUT2D eigenvalue weighted by Crippen LogP contribution is -2.37. The van der Waals surface area contributed by atoms with E-state index < -0.39 is 0 Å². The number of nitrogens with one attached hydrogen (secondary N) is 2. The van der Waals surface area contributed by atoms with Crippen molar-refractivity contribution in [1.29, 1.82) is 0 Å². The van der Waals surface area contributed by atoms with Crippen LogP contribution in [0.4, 0.5) is 0 Å². The zero-order valence-electron chi connectivity index (χ0n) is 9.69. The van der Waals surface area contributed by atoms with E-state index in [0.29, 0.717) is 12.1 Å². The summed E-state index contributed by atoms with van der Waals surface area (Å²) in [6, 6.07) is 6.47. The minimum Gasteiger partial charge on any atom is -0.508 e. The summed E-state index contributed by atoms with van der Waals surface area (Å²) in [5.41, 5.74) is 0.707. The molecule has 0 atom stereocenters. The van der Waals surface area contributed by atoms with Crippen molar-refractivity contribution in [3.05, 3.63) is 29.8 Å². The highest BCUT2D eigenvalue weighted by Gasteiger charge is 2.06. The topological polar surface area (TPSA) is 78.4 Å². The number of benzene rings is 1. The predicted molar refractivity (Wildman–Crippen MR) is 63.5 cm³/mol. The van der Waals surface area contributed by atoms with Crippen LogP contribution in [0.5, 0.6) is 5.75 Å². The zero-order valence-corrected chi connectivity index (χ0v) is 9.69. The molecule has 1 rings (SSSR count). The number of hydrogen-bond donors (Lipinski definition) is 3. The first-order valence-electron chi connectivity index (χ1n) is 5.43. The van der Waals surface area contributed by atoms with Gasteiger partial charge in [-0.25, -0.2) is 0 Å². The van der Waals surface area contributed by atoms with Gasteiger partial charge >= 0.3 is 0 Å². The maximum atomic E-state index is 11.5. The van der Waals surface area contributed by atoms with Crippen LogP contribution in [0.15, 0.2) is 24.3 Å². The predicted octanol–water partition coefficient (Wildman–Crippen LogP) is 0.187. The molecule has 0 radical (unpaired) electrons. The van der Waals surface area contributed by atoms with E-state index in [-0.39, 0.29) is 30.5 Å². The van der Waals surface area contributed by atoms with Gasteiger partial charge in [-0.1, -0.05) is 12.1 Å². The Kier molecular flexibility index (Phi) is 5.00. The molecule has 0 aliphatic heterocycles. The number of carbonyl (C=O) groups is 2. The Balaban J connectivity index is 2.37. The van der Waals surface area contributed by atoms with Crippen molar-refractivity contribution in [1.82, 2.24) is 10.6 Å². The molecule has 17 heavy (non-hydrogen) atoms. The van der Waals surface area contributed by atoms with Crippen molar-refractivity contribution >= 4 is 11.8 Å². The van der Waals surface area contributed by atoms with Crippen LogP contribution < -0.4 is 10.6 Å². The lowest BCUT2D eigenvalue weighted by Gasteiger charge is -2.05. The smallest absolute Gasteiger partial charge is 0.239 e. The molecule has 5 nitrogen and oxygen atoms in total. The Bertz CT molecular complexity index is 404. The number of aromatic hydroxyl groups is 1. The van der Waals surface area contributed by atoms with E-state index in [0.717, 1.165) is 0 Å². The third-order valence-corrected chi connectivity index (χ3v) is 2.10. The van der Waals surface area contributed by atoms with Crippen LogP contribution in [-0.2, 0) is 16.0 Å². The molecule has 0 aliphatic rings. The Morgan fingerprint density at radius 2 is 2.00 bits per heavy atom. The van der Waals surface area contributed by atoms with E-state index in [9.17, 15) is 14.7 Å². The molecule has 0 heterocycles. The number of hydrogen-bond acceptors (Lipinski definition) is 3. The maximum Gasteiger partial charge on any atom is 0.239 e. The lowest BCUT2D eigenvalue weighted by molar-refractivity contribution is -0.125. The van der Waals surface area contributed by atoms with E-state index in [1.54, 1.807) is 12.1 Å². The van der Waals surface area contributed by atoms with Gasteiger partial charge in [0.1, 0.15) is 5.75 Å². The Morgan fingerprint density at radius 3 is 2.65 bits per heavy atom. The van der Waals surface area contributed by atoms with E-state index in [4.69, 9.17) is 0 Å². The van der Waals surface area contributed by atoms with Crippen LogP contribution in [0.1, 0.15) is 12.5 Å². The molecule has 0 unspecified atom stereocenters. The van der Waals surface area contributed by atoms with Gasteiger partial charge in [-0.2, -0.15) is 0 Å². The van der Waals surface area contributed by atoms with Crippen molar-refractivity contribution in [3.63, 3.8) is 0 Å². The molecule has 0 fully saturated rings. The van der Waals surface area contributed by atoms with E-state index in [1.807, 2.05) is 6.92 Å². The Morgan fingerprint density at radius 1 is 1.24 bits per heavy atom. The summed E-state index contributed by atoms with van der Waals surface area (Å²) in [5, 5.41) is 14.3. The second-order valence-electron chi connectivity index (χ2n) is 3.58. The average Bonchev–Trinajstić information content (AvgIpc) is 2.27. The van der Waals surface area contributed by atoms with Gasteiger partial charge in [0.2, 0.25) is 11.8 Å². The fourth-order valence-electron chi connectivity index (χ4n) is 1.35. The third kappa shape index (κ3) is 5.01. The SMILES string of the molecule is CCNC(=O)CNC(=O)Cc1cccc(O)c1. The summed E-state index contributed by atoms with van der Waals surface area (Å²) in [5.74, 6) is -0.336. The van der Waals surface area contributed by atoms with Gasteiger partial charge in [-0.15, -0.1) is 0 Å². The van der Waals surface area contributed by atoms with Gasteiger partial charge in [0.15, 0.2) is 0 Å². The molecule has 3 N–H and O–H groups in total. The summed E-state index contributed by atoms with van der Waals surface area (Å²) < 4.78 is 0. The van der Waals surface area contributed by atoms with E-state index in [1.165, 1.54) is 12.1 Å². The molecule has 92 valence electrons. The van der Waals surface area contributed by atoms with Crippen molar-refractivity contribution < 1.29 is 14.7 Å². The number of carbonyl (C=O) groups excluding carboxylic acids is 2. The van der Waals surface area contributed by atoms with Crippen LogP contribution in [0.25, 0.3) is 0 Å². The van der Waals surface area contributed by atoms with Crippen LogP contribution in [0.2, 0.25) is 0 Å². The highest BCUT2D eigenvalue weighted by Crippen LogP contribution is 2.10. The number of amides is 2. The summed E-state index contributed by atoms with van der Waals surface area (Å²) >= 11 is 0. The summed E-state index contributed by atoms with van der Waals surface area (Å²) in [6.45, 7) is 2.33. The first-order valence-corrected chi connectivity index (χ1v) is 5.43. The van der Waals surface area contributed by atoms with Gasteiger partial charge in [0, 0.05) is 6.54 Å². The largest absolute Gasteiger partial charge is 0.508 e. The average molecular weight is 236 g/mol. The minimum atomic E-state index is -0.248. The Hall–Kier alpha value is -2.04. The molecule has 1 aromatic rings. The highest BCUT2D eigenvalue weighted by molar-refractivity contribution is 5.85. The third-order valence-electron chi connectivity index (χ3n) is 2.10. The monoisotopic (exact) mass is 236 g/mol. The fourth-order valence-corrected chi connectivity index (χ4v) is 1.35. The molecule has 1 aromatic carbocycles. The number of rotatable bonds is 5. The molecule has 0 aromatic heterocycles.